The van der Waals surface area contributed by atoms with Crippen molar-refractivity contribution in [1.29, 1.82) is 0 Å². The van der Waals surface area contributed by atoms with Crippen LogP contribution < -0.4 is 10.1 Å². The molecule has 1 N–H and O–H groups in total. The number of piperidine rings is 1. The van der Waals surface area contributed by atoms with Crippen molar-refractivity contribution in [2.45, 2.75) is 25.3 Å². The summed E-state index contributed by atoms with van der Waals surface area (Å²) in [6, 6.07) is 5.16. The lowest BCUT2D eigenvalue weighted by atomic mass is 10.1. The van der Waals surface area contributed by atoms with Gasteiger partial charge in [0, 0.05) is 6.04 Å². The molecule has 1 aromatic carbocycles. The first-order valence-corrected chi connectivity index (χ1v) is 6.36. The monoisotopic (exact) mass is 287 g/mol. The van der Waals surface area contributed by atoms with Crippen LogP contribution in [0, 0.1) is 5.82 Å². The van der Waals surface area contributed by atoms with Crippen LogP contribution in [-0.4, -0.2) is 19.2 Å². The van der Waals surface area contributed by atoms with Crippen molar-refractivity contribution < 1.29 is 9.13 Å². The average molecular weight is 288 g/mol. The molecule has 0 amide bonds. The van der Waals surface area contributed by atoms with E-state index >= 15 is 0 Å². The molecule has 1 aliphatic rings. The molecular weight excluding hydrogens is 273 g/mol. The number of nitrogens with one attached hydrogen (secondary N) is 1. The van der Waals surface area contributed by atoms with Crippen LogP contribution in [0.2, 0.25) is 0 Å². The van der Waals surface area contributed by atoms with Crippen molar-refractivity contribution in [3.05, 3.63) is 28.5 Å². The molecule has 0 aromatic heterocycles. The van der Waals surface area contributed by atoms with Gasteiger partial charge in [-0.15, -0.1) is 0 Å². The summed E-state index contributed by atoms with van der Waals surface area (Å²) in [5.74, 6) is 0.448. The highest BCUT2D eigenvalue weighted by atomic mass is 79.9. The van der Waals surface area contributed by atoms with Crippen LogP contribution >= 0.6 is 15.9 Å². The lowest BCUT2D eigenvalue weighted by Crippen LogP contribution is -2.38. The molecular formula is C12H15BrFNO. The van der Waals surface area contributed by atoms with Gasteiger partial charge in [0.1, 0.15) is 18.2 Å². The Kier molecular flexibility index (Phi) is 4.18. The average Bonchev–Trinajstić information content (AvgIpc) is 2.32. The van der Waals surface area contributed by atoms with Crippen LogP contribution in [0.5, 0.6) is 5.75 Å². The van der Waals surface area contributed by atoms with Crippen molar-refractivity contribution in [3.63, 3.8) is 0 Å². The third kappa shape index (κ3) is 3.19. The summed E-state index contributed by atoms with van der Waals surface area (Å²) in [4.78, 5) is 0. The minimum Gasteiger partial charge on any atom is -0.492 e. The van der Waals surface area contributed by atoms with E-state index < -0.39 is 0 Å². The summed E-state index contributed by atoms with van der Waals surface area (Å²) >= 11 is 3.14. The number of benzene rings is 1. The van der Waals surface area contributed by atoms with E-state index in [1.807, 2.05) is 0 Å². The number of rotatable bonds is 3. The van der Waals surface area contributed by atoms with Crippen LogP contribution in [-0.2, 0) is 0 Å². The Morgan fingerprint density at radius 3 is 3.00 bits per heavy atom. The normalized spacial score (nSPS) is 20.8. The van der Waals surface area contributed by atoms with E-state index in [9.17, 15) is 4.39 Å². The van der Waals surface area contributed by atoms with Crippen LogP contribution in [0.3, 0.4) is 0 Å². The molecule has 2 nitrogen and oxygen atoms in total. The van der Waals surface area contributed by atoms with Gasteiger partial charge in [0.05, 0.1) is 4.47 Å². The Hall–Kier alpha value is -0.610. The van der Waals surface area contributed by atoms with Gasteiger partial charge in [0.2, 0.25) is 0 Å². The third-order valence-electron chi connectivity index (χ3n) is 2.75. The van der Waals surface area contributed by atoms with Gasteiger partial charge in [-0.05, 0) is 53.5 Å². The molecule has 1 saturated heterocycles. The highest BCUT2D eigenvalue weighted by Crippen LogP contribution is 2.22. The second kappa shape index (κ2) is 5.64. The van der Waals surface area contributed by atoms with Gasteiger partial charge in [0.15, 0.2) is 0 Å². The Bertz CT molecular complexity index is 353. The smallest absolute Gasteiger partial charge is 0.137 e. The van der Waals surface area contributed by atoms with E-state index in [4.69, 9.17) is 4.74 Å². The fraction of sp³-hybridized carbons (Fsp3) is 0.500. The van der Waals surface area contributed by atoms with Crippen LogP contribution in [0.4, 0.5) is 4.39 Å². The first-order chi connectivity index (χ1) is 7.75. The lowest BCUT2D eigenvalue weighted by molar-refractivity contribution is 0.238. The first kappa shape index (κ1) is 11.9. The Labute approximate surface area is 103 Å². The molecule has 1 aliphatic heterocycles. The minimum absolute atomic E-state index is 0.261. The molecule has 0 bridgehead atoms. The topological polar surface area (TPSA) is 21.3 Å². The van der Waals surface area contributed by atoms with Gasteiger partial charge in [0.25, 0.3) is 0 Å². The second-order valence-corrected chi connectivity index (χ2v) is 4.89. The molecule has 88 valence electrons. The lowest BCUT2D eigenvalue weighted by Gasteiger charge is -2.23. The zero-order chi connectivity index (χ0) is 11.4. The zero-order valence-electron chi connectivity index (χ0n) is 9.01. The van der Waals surface area contributed by atoms with Crippen molar-refractivity contribution in [1.82, 2.24) is 5.32 Å². The molecule has 0 radical (unpaired) electrons. The maximum absolute atomic E-state index is 13.0. The van der Waals surface area contributed by atoms with Gasteiger partial charge in [-0.1, -0.05) is 6.42 Å². The molecule has 1 fully saturated rings. The first-order valence-electron chi connectivity index (χ1n) is 5.57. The predicted octanol–water partition coefficient (Wildman–Crippen LogP) is 3.11. The molecule has 1 atom stereocenters. The number of hydrogen-bond acceptors (Lipinski definition) is 2. The molecule has 1 heterocycles. The van der Waals surface area contributed by atoms with Gasteiger partial charge in [-0.25, -0.2) is 4.39 Å². The van der Waals surface area contributed by atoms with Crippen molar-refractivity contribution in [2.24, 2.45) is 0 Å². The molecule has 4 heteroatoms. The molecule has 1 aromatic rings. The van der Waals surface area contributed by atoms with E-state index in [0.717, 1.165) is 13.0 Å². The van der Waals surface area contributed by atoms with Gasteiger partial charge < -0.3 is 10.1 Å². The van der Waals surface area contributed by atoms with E-state index in [1.165, 1.54) is 18.9 Å². The Morgan fingerprint density at radius 2 is 2.31 bits per heavy atom. The molecule has 0 spiro atoms. The molecule has 0 saturated carbocycles. The highest BCUT2D eigenvalue weighted by Gasteiger charge is 2.13. The summed E-state index contributed by atoms with van der Waals surface area (Å²) in [7, 11) is 0. The van der Waals surface area contributed by atoms with Crippen molar-refractivity contribution >= 4 is 15.9 Å². The Morgan fingerprint density at radius 1 is 1.44 bits per heavy atom. The zero-order valence-corrected chi connectivity index (χ0v) is 10.6. The molecule has 2 rings (SSSR count). The van der Waals surface area contributed by atoms with Gasteiger partial charge >= 0.3 is 0 Å². The standard InChI is InChI=1S/C12H15BrFNO/c13-11-7-10(4-5-12(11)14)16-8-9-3-1-2-6-15-9/h4-5,7,9,15H,1-3,6,8H2. The summed E-state index contributed by atoms with van der Waals surface area (Å²) in [5.41, 5.74) is 0. The van der Waals surface area contributed by atoms with Crippen LogP contribution in [0.25, 0.3) is 0 Å². The maximum atomic E-state index is 13.0. The van der Waals surface area contributed by atoms with Gasteiger partial charge in [-0.3, -0.25) is 0 Å². The maximum Gasteiger partial charge on any atom is 0.137 e. The molecule has 16 heavy (non-hydrogen) atoms. The summed E-state index contributed by atoms with van der Waals surface area (Å²) < 4.78 is 19.0. The van der Waals surface area contributed by atoms with Crippen LogP contribution in [0.1, 0.15) is 19.3 Å². The summed E-state index contributed by atoms with van der Waals surface area (Å²) in [6.45, 7) is 1.72. The van der Waals surface area contributed by atoms with E-state index in [0.29, 0.717) is 22.9 Å². The SMILES string of the molecule is Fc1ccc(OCC2CCCCN2)cc1Br. The Balaban J connectivity index is 1.86. The van der Waals surface area contributed by atoms with Crippen LogP contribution in [0.15, 0.2) is 22.7 Å². The van der Waals surface area contributed by atoms with E-state index in [2.05, 4.69) is 21.2 Å². The van der Waals surface area contributed by atoms with Gasteiger partial charge in [-0.2, -0.15) is 0 Å². The third-order valence-corrected chi connectivity index (χ3v) is 3.36. The molecule has 1 unspecified atom stereocenters. The summed E-state index contributed by atoms with van der Waals surface area (Å²) in [6.07, 6.45) is 3.66. The van der Waals surface area contributed by atoms with Crippen molar-refractivity contribution in [3.8, 4) is 5.75 Å². The summed E-state index contributed by atoms with van der Waals surface area (Å²) in [5, 5.41) is 3.40. The largest absolute Gasteiger partial charge is 0.492 e. The number of ether oxygens (including phenoxy) is 1. The second-order valence-electron chi connectivity index (χ2n) is 4.03. The number of halogens is 2. The highest BCUT2D eigenvalue weighted by molar-refractivity contribution is 9.10. The fourth-order valence-corrected chi connectivity index (χ4v) is 2.19. The molecule has 0 aliphatic carbocycles. The predicted molar refractivity (Wildman–Crippen MR) is 65.2 cm³/mol. The fourth-order valence-electron chi connectivity index (χ4n) is 1.83. The van der Waals surface area contributed by atoms with E-state index in [-0.39, 0.29) is 5.82 Å². The quantitative estimate of drug-likeness (QED) is 0.922. The van der Waals surface area contributed by atoms with Crippen molar-refractivity contribution in [2.75, 3.05) is 13.2 Å². The number of hydrogen-bond donors (Lipinski definition) is 1. The minimum atomic E-state index is -0.261. The van der Waals surface area contributed by atoms with E-state index in [1.54, 1.807) is 12.1 Å².